The molecule has 1 unspecified atom stereocenters. The fraction of sp³-hybridized carbons (Fsp3) is 0.304. The molecule has 0 heterocycles. The molecule has 0 aliphatic carbocycles. The number of anilines is 1. The van der Waals surface area contributed by atoms with Gasteiger partial charge in [0, 0.05) is 23.4 Å². The highest BCUT2D eigenvalue weighted by Crippen LogP contribution is 2.26. The van der Waals surface area contributed by atoms with Gasteiger partial charge in [-0.2, -0.15) is 0 Å². The largest absolute Gasteiger partial charge is 0.497 e. The molecule has 2 aromatic rings. The number of carbonyl (C=O) groups excluding carboxylic acids is 2. The minimum atomic E-state index is -0.940. The van der Waals surface area contributed by atoms with Crippen LogP contribution < -0.4 is 14.8 Å². The van der Waals surface area contributed by atoms with Crippen molar-refractivity contribution < 1.29 is 23.8 Å². The Morgan fingerprint density at radius 3 is 2.24 bits per heavy atom. The summed E-state index contributed by atoms with van der Waals surface area (Å²) >= 11 is 0. The number of esters is 1. The zero-order valence-corrected chi connectivity index (χ0v) is 17.7. The second kappa shape index (κ2) is 9.78. The average molecular weight is 397 g/mol. The number of benzene rings is 2. The van der Waals surface area contributed by atoms with Crippen molar-refractivity contribution in [2.45, 2.75) is 33.8 Å². The molecule has 2 rings (SSSR count). The van der Waals surface area contributed by atoms with Gasteiger partial charge >= 0.3 is 5.97 Å². The number of amides is 1. The molecule has 0 spiro atoms. The van der Waals surface area contributed by atoms with Crippen LogP contribution in [0.25, 0.3) is 6.08 Å². The summed E-state index contributed by atoms with van der Waals surface area (Å²) < 4.78 is 15.7. The van der Waals surface area contributed by atoms with Crippen LogP contribution in [-0.4, -0.2) is 32.2 Å². The molecule has 1 atom stereocenters. The number of rotatable bonds is 7. The minimum absolute atomic E-state index is 0.385. The lowest BCUT2D eigenvalue weighted by Gasteiger charge is -2.16. The Hall–Kier alpha value is -3.28. The molecule has 2 aromatic carbocycles. The first-order chi connectivity index (χ1) is 13.7. The van der Waals surface area contributed by atoms with E-state index in [1.54, 1.807) is 31.4 Å². The van der Waals surface area contributed by atoms with Gasteiger partial charge in [0.2, 0.25) is 0 Å². The van der Waals surface area contributed by atoms with Crippen molar-refractivity contribution in [2.24, 2.45) is 0 Å². The van der Waals surface area contributed by atoms with Crippen molar-refractivity contribution in [1.82, 2.24) is 0 Å². The van der Waals surface area contributed by atoms with Gasteiger partial charge in [-0.3, -0.25) is 4.79 Å². The topological polar surface area (TPSA) is 73.9 Å². The molecule has 0 aromatic heterocycles. The lowest BCUT2D eigenvalue weighted by molar-refractivity contribution is -0.148. The van der Waals surface area contributed by atoms with E-state index in [1.807, 2.05) is 32.9 Å². The molecule has 0 radical (unpaired) electrons. The van der Waals surface area contributed by atoms with Crippen LogP contribution in [0.4, 0.5) is 5.69 Å². The number of carbonyl (C=O) groups is 2. The van der Waals surface area contributed by atoms with Crippen LogP contribution in [0.3, 0.4) is 0 Å². The van der Waals surface area contributed by atoms with E-state index in [-0.39, 0.29) is 5.91 Å². The lowest BCUT2D eigenvalue weighted by Crippen LogP contribution is -2.30. The summed E-state index contributed by atoms with van der Waals surface area (Å²) in [6, 6.07) is 9.22. The summed E-state index contributed by atoms with van der Waals surface area (Å²) in [7, 11) is 3.10. The summed E-state index contributed by atoms with van der Waals surface area (Å²) in [4.78, 5) is 24.6. The maximum Gasteiger partial charge on any atom is 0.331 e. The van der Waals surface area contributed by atoms with Crippen molar-refractivity contribution in [2.75, 3.05) is 19.5 Å². The molecule has 0 saturated heterocycles. The molecule has 29 heavy (non-hydrogen) atoms. The molecule has 1 N–H and O–H groups in total. The Morgan fingerprint density at radius 2 is 1.66 bits per heavy atom. The van der Waals surface area contributed by atoms with Crippen molar-refractivity contribution in [3.8, 4) is 11.5 Å². The number of methoxy groups -OCH3 is 2. The average Bonchev–Trinajstić information content (AvgIpc) is 2.68. The van der Waals surface area contributed by atoms with Crippen molar-refractivity contribution in [1.29, 1.82) is 0 Å². The molecule has 0 aliphatic heterocycles. The summed E-state index contributed by atoms with van der Waals surface area (Å²) in [6.07, 6.45) is 1.89. The van der Waals surface area contributed by atoms with E-state index in [9.17, 15) is 9.59 Å². The highest BCUT2D eigenvalue weighted by atomic mass is 16.5. The number of nitrogens with one attached hydrogen (secondary N) is 1. The Bertz CT molecular complexity index is 910. The SMILES string of the molecule is COc1ccc(C=CC(=O)OC(C)C(=O)Nc2c(C)cc(C)cc2C)c(OC)c1. The van der Waals surface area contributed by atoms with Gasteiger partial charge < -0.3 is 19.5 Å². The van der Waals surface area contributed by atoms with Gasteiger partial charge in [0.1, 0.15) is 11.5 Å². The molecule has 6 nitrogen and oxygen atoms in total. The molecule has 1 amide bonds. The van der Waals surface area contributed by atoms with Gasteiger partial charge in [0.25, 0.3) is 5.91 Å². The Morgan fingerprint density at radius 1 is 1.00 bits per heavy atom. The maximum atomic E-state index is 12.4. The third-order valence-corrected chi connectivity index (χ3v) is 4.43. The highest BCUT2D eigenvalue weighted by Gasteiger charge is 2.18. The summed E-state index contributed by atoms with van der Waals surface area (Å²) in [5.74, 6) is 0.199. The fourth-order valence-corrected chi connectivity index (χ4v) is 2.98. The number of ether oxygens (including phenoxy) is 3. The quantitative estimate of drug-likeness (QED) is 0.560. The van der Waals surface area contributed by atoms with E-state index in [2.05, 4.69) is 5.32 Å². The van der Waals surface area contributed by atoms with Gasteiger partial charge in [0.15, 0.2) is 6.10 Å². The van der Waals surface area contributed by atoms with Gasteiger partial charge in [-0.05, 0) is 57.0 Å². The molecule has 0 fully saturated rings. The smallest absolute Gasteiger partial charge is 0.331 e. The number of hydrogen-bond acceptors (Lipinski definition) is 5. The first kappa shape index (κ1) is 22.0. The molecule has 6 heteroatoms. The molecular weight excluding hydrogens is 370 g/mol. The van der Waals surface area contributed by atoms with Crippen molar-refractivity contribution in [3.63, 3.8) is 0 Å². The Labute approximate surface area is 171 Å². The van der Waals surface area contributed by atoms with Crippen LogP contribution >= 0.6 is 0 Å². The minimum Gasteiger partial charge on any atom is -0.497 e. The molecule has 0 bridgehead atoms. The predicted molar refractivity (Wildman–Crippen MR) is 113 cm³/mol. The van der Waals surface area contributed by atoms with E-state index in [4.69, 9.17) is 14.2 Å². The lowest BCUT2D eigenvalue weighted by atomic mass is 10.0. The van der Waals surface area contributed by atoms with Gasteiger partial charge in [-0.1, -0.05) is 17.7 Å². The second-order valence-electron chi connectivity index (χ2n) is 6.78. The number of aryl methyl sites for hydroxylation is 3. The third-order valence-electron chi connectivity index (χ3n) is 4.43. The Balaban J connectivity index is 2.02. The summed E-state index contributed by atoms with van der Waals surface area (Å²) in [5.41, 5.74) is 4.47. The van der Waals surface area contributed by atoms with Crippen molar-refractivity contribution in [3.05, 3.63) is 58.7 Å². The Kier molecular flexibility index (Phi) is 7.42. The maximum absolute atomic E-state index is 12.4. The molecule has 0 aliphatic rings. The zero-order valence-electron chi connectivity index (χ0n) is 17.7. The van der Waals surface area contributed by atoms with Gasteiger partial charge in [0.05, 0.1) is 14.2 Å². The summed E-state index contributed by atoms with van der Waals surface area (Å²) in [5, 5.41) is 2.84. The first-order valence-electron chi connectivity index (χ1n) is 9.24. The van der Waals surface area contributed by atoms with Gasteiger partial charge in [-0.25, -0.2) is 4.79 Å². The van der Waals surface area contributed by atoms with Crippen LogP contribution in [0.1, 0.15) is 29.2 Å². The predicted octanol–water partition coefficient (Wildman–Crippen LogP) is 4.21. The van der Waals surface area contributed by atoms with Crippen LogP contribution in [-0.2, 0) is 14.3 Å². The first-order valence-corrected chi connectivity index (χ1v) is 9.24. The highest BCUT2D eigenvalue weighted by molar-refractivity contribution is 5.97. The fourth-order valence-electron chi connectivity index (χ4n) is 2.98. The second-order valence-corrected chi connectivity index (χ2v) is 6.78. The van der Waals surface area contributed by atoms with E-state index in [0.717, 1.165) is 22.4 Å². The van der Waals surface area contributed by atoms with Crippen LogP contribution in [0.15, 0.2) is 36.4 Å². The van der Waals surface area contributed by atoms with Crippen LogP contribution in [0.2, 0.25) is 0 Å². The van der Waals surface area contributed by atoms with Crippen LogP contribution in [0.5, 0.6) is 11.5 Å². The molecular formula is C23H27NO5. The van der Waals surface area contributed by atoms with Crippen LogP contribution in [0, 0.1) is 20.8 Å². The third kappa shape index (κ3) is 5.85. The van der Waals surface area contributed by atoms with Gasteiger partial charge in [-0.15, -0.1) is 0 Å². The standard InChI is InChI=1S/C23H27NO5/c1-14-11-15(2)22(16(3)12-14)24-23(26)17(4)29-21(25)10-8-18-7-9-19(27-5)13-20(18)28-6/h7-13,17H,1-6H3,(H,24,26). The monoisotopic (exact) mass is 397 g/mol. The summed E-state index contributed by atoms with van der Waals surface area (Å²) in [6.45, 7) is 7.39. The number of hydrogen-bond donors (Lipinski definition) is 1. The molecule has 154 valence electrons. The van der Waals surface area contributed by atoms with E-state index in [0.29, 0.717) is 17.1 Å². The van der Waals surface area contributed by atoms with E-state index >= 15 is 0 Å². The zero-order chi connectivity index (χ0) is 21.6. The van der Waals surface area contributed by atoms with E-state index < -0.39 is 12.1 Å². The van der Waals surface area contributed by atoms with Crippen molar-refractivity contribution >= 4 is 23.6 Å². The normalized spacial score (nSPS) is 11.8. The molecule has 0 saturated carbocycles. The van der Waals surface area contributed by atoms with E-state index in [1.165, 1.54) is 20.1 Å².